The number of carbonyl (C=O) groups is 1. The molecule has 126 valence electrons. The maximum Gasteiger partial charge on any atom is 0.247 e. The van der Waals surface area contributed by atoms with Crippen LogP contribution in [0.25, 0.3) is 0 Å². The second kappa shape index (κ2) is 5.28. The topological polar surface area (TPSA) is 41.5 Å². The minimum Gasteiger partial charge on any atom is -0.272 e. The van der Waals surface area contributed by atoms with Gasteiger partial charge in [0.05, 0.1) is 11.6 Å². The Balaban J connectivity index is 1.35. The number of hydrogen-bond donors (Lipinski definition) is 1. The number of nitrogens with one attached hydrogen (secondary N) is 1. The van der Waals surface area contributed by atoms with Crippen molar-refractivity contribution in [1.29, 1.82) is 0 Å². The van der Waals surface area contributed by atoms with Crippen LogP contribution in [0, 0.1) is 17.3 Å². The van der Waals surface area contributed by atoms with Crippen LogP contribution >= 0.6 is 15.9 Å². The summed E-state index contributed by atoms with van der Waals surface area (Å²) in [5.74, 6) is 1.12. The van der Waals surface area contributed by atoms with Gasteiger partial charge in [-0.1, -0.05) is 64.8 Å². The molecule has 2 aromatic rings. The molecule has 2 atom stereocenters. The summed E-state index contributed by atoms with van der Waals surface area (Å²) in [6.45, 7) is 0. The third kappa shape index (κ3) is 1.86. The number of amides is 1. The van der Waals surface area contributed by atoms with E-state index >= 15 is 0 Å². The molecule has 0 aromatic heterocycles. The van der Waals surface area contributed by atoms with Gasteiger partial charge in [-0.05, 0) is 47.9 Å². The van der Waals surface area contributed by atoms with E-state index < -0.39 is 0 Å². The van der Waals surface area contributed by atoms with Gasteiger partial charge in [-0.3, -0.25) is 4.79 Å². The average molecular weight is 395 g/mol. The molecule has 3 fully saturated rings. The molecule has 1 N–H and O–H groups in total. The molecule has 25 heavy (non-hydrogen) atoms. The molecule has 0 aliphatic heterocycles. The quantitative estimate of drug-likeness (QED) is 0.610. The van der Waals surface area contributed by atoms with E-state index in [-0.39, 0.29) is 16.7 Å². The first-order valence-corrected chi connectivity index (χ1v) is 9.66. The second-order valence-corrected chi connectivity index (χ2v) is 8.31. The monoisotopic (exact) mass is 394 g/mol. The van der Waals surface area contributed by atoms with E-state index in [2.05, 4.69) is 50.7 Å². The molecular formula is C21H19BrN2O. The van der Waals surface area contributed by atoms with Crippen LogP contribution in [0.15, 0.2) is 64.2 Å². The van der Waals surface area contributed by atoms with Gasteiger partial charge in [-0.2, -0.15) is 5.10 Å². The van der Waals surface area contributed by atoms with Crippen LogP contribution in [0.1, 0.15) is 30.4 Å². The predicted molar refractivity (Wildman–Crippen MR) is 101 cm³/mol. The van der Waals surface area contributed by atoms with Gasteiger partial charge in [-0.25, -0.2) is 5.43 Å². The number of fused-ring (bicyclic) bond motifs is 2. The van der Waals surface area contributed by atoms with Crippen LogP contribution in [-0.2, 0) is 10.2 Å². The SMILES string of the molecule is O=C(N/N=C/c1ccc(Br)cc1)C12[C@H]3CCC[C@H]1C32c1ccccc1. The van der Waals surface area contributed by atoms with Crippen LogP contribution < -0.4 is 5.43 Å². The number of nitrogens with zero attached hydrogens (tertiary/aromatic N) is 1. The van der Waals surface area contributed by atoms with Crippen molar-refractivity contribution in [1.82, 2.24) is 5.43 Å². The Labute approximate surface area is 155 Å². The summed E-state index contributed by atoms with van der Waals surface area (Å²) in [4.78, 5) is 13.0. The van der Waals surface area contributed by atoms with Crippen molar-refractivity contribution < 1.29 is 4.79 Å². The van der Waals surface area contributed by atoms with Gasteiger partial charge in [-0.15, -0.1) is 0 Å². The molecule has 0 spiro atoms. The molecule has 0 heterocycles. The zero-order valence-electron chi connectivity index (χ0n) is 13.8. The Bertz CT molecular complexity index is 847. The van der Waals surface area contributed by atoms with E-state index in [1.54, 1.807) is 6.21 Å². The van der Waals surface area contributed by atoms with E-state index in [1.165, 1.54) is 12.0 Å². The largest absolute Gasteiger partial charge is 0.272 e. The molecular weight excluding hydrogens is 376 g/mol. The minimum absolute atomic E-state index is 0.101. The Morgan fingerprint density at radius 1 is 1.08 bits per heavy atom. The normalized spacial score (nSPS) is 34.4. The number of rotatable bonds is 4. The number of benzene rings is 2. The molecule has 3 aliphatic rings. The lowest BCUT2D eigenvalue weighted by molar-refractivity contribution is -0.126. The summed E-state index contributed by atoms with van der Waals surface area (Å²) in [6, 6.07) is 18.5. The lowest BCUT2D eigenvalue weighted by Gasteiger charge is -2.27. The van der Waals surface area contributed by atoms with Crippen molar-refractivity contribution in [2.24, 2.45) is 22.4 Å². The van der Waals surface area contributed by atoms with Gasteiger partial charge < -0.3 is 0 Å². The van der Waals surface area contributed by atoms with Gasteiger partial charge >= 0.3 is 0 Å². The fourth-order valence-electron chi connectivity index (χ4n) is 5.70. The highest BCUT2D eigenvalue weighted by Gasteiger charge is 3.01. The fourth-order valence-corrected chi connectivity index (χ4v) is 5.96. The van der Waals surface area contributed by atoms with Crippen LogP contribution in [0.4, 0.5) is 0 Å². The predicted octanol–water partition coefficient (Wildman–Crippen LogP) is 4.27. The molecule has 3 aliphatic carbocycles. The number of hydrazone groups is 1. The van der Waals surface area contributed by atoms with Crippen molar-refractivity contribution in [3.05, 3.63) is 70.2 Å². The van der Waals surface area contributed by atoms with Crippen molar-refractivity contribution in [2.45, 2.75) is 24.7 Å². The Morgan fingerprint density at radius 2 is 1.76 bits per heavy atom. The molecule has 3 nitrogen and oxygen atoms in total. The number of carbonyl (C=O) groups excluding carboxylic acids is 1. The maximum absolute atomic E-state index is 13.0. The summed E-state index contributed by atoms with van der Waals surface area (Å²) >= 11 is 3.42. The van der Waals surface area contributed by atoms with Crippen LogP contribution in [-0.4, -0.2) is 12.1 Å². The summed E-state index contributed by atoms with van der Waals surface area (Å²) in [7, 11) is 0. The zero-order chi connectivity index (χ0) is 17.1. The van der Waals surface area contributed by atoms with Crippen molar-refractivity contribution >= 4 is 28.1 Å². The van der Waals surface area contributed by atoms with Crippen LogP contribution in [0.3, 0.4) is 0 Å². The summed E-state index contributed by atoms with van der Waals surface area (Å²) in [5, 5.41) is 4.22. The Morgan fingerprint density at radius 3 is 2.44 bits per heavy atom. The third-order valence-corrected chi connectivity index (χ3v) is 7.11. The van der Waals surface area contributed by atoms with E-state index in [1.807, 2.05) is 30.3 Å². The minimum atomic E-state index is -0.191. The van der Waals surface area contributed by atoms with Gasteiger partial charge in [0.1, 0.15) is 0 Å². The highest BCUT2D eigenvalue weighted by Crippen LogP contribution is 2.97. The summed E-state index contributed by atoms with van der Waals surface area (Å²) in [5.41, 5.74) is 5.06. The molecule has 3 saturated carbocycles. The zero-order valence-corrected chi connectivity index (χ0v) is 15.4. The third-order valence-electron chi connectivity index (χ3n) is 6.58. The van der Waals surface area contributed by atoms with Gasteiger partial charge in [0.15, 0.2) is 0 Å². The Kier molecular flexibility index (Phi) is 3.23. The Hall–Kier alpha value is -1.94. The average Bonchev–Trinajstić information content (AvgIpc) is 3.51. The maximum atomic E-state index is 13.0. The first-order valence-electron chi connectivity index (χ1n) is 8.87. The van der Waals surface area contributed by atoms with Gasteiger partial charge in [0, 0.05) is 9.89 Å². The molecule has 0 radical (unpaired) electrons. The first kappa shape index (κ1) is 15.3. The van der Waals surface area contributed by atoms with E-state index in [0.717, 1.165) is 22.9 Å². The van der Waals surface area contributed by atoms with Gasteiger partial charge in [0.25, 0.3) is 0 Å². The number of halogens is 1. The molecule has 0 unspecified atom stereocenters. The van der Waals surface area contributed by atoms with Gasteiger partial charge in [0.2, 0.25) is 5.91 Å². The lowest BCUT2D eigenvalue weighted by Crippen LogP contribution is -2.31. The molecule has 4 heteroatoms. The highest BCUT2D eigenvalue weighted by atomic mass is 79.9. The van der Waals surface area contributed by atoms with E-state index in [9.17, 15) is 4.79 Å². The molecule has 0 bridgehead atoms. The van der Waals surface area contributed by atoms with Crippen molar-refractivity contribution in [3.63, 3.8) is 0 Å². The molecule has 5 rings (SSSR count). The fraction of sp³-hybridized carbons (Fsp3) is 0.333. The van der Waals surface area contributed by atoms with Crippen LogP contribution in [0.5, 0.6) is 0 Å². The smallest absolute Gasteiger partial charge is 0.247 e. The highest BCUT2D eigenvalue weighted by molar-refractivity contribution is 9.10. The summed E-state index contributed by atoms with van der Waals surface area (Å²) in [6.07, 6.45) is 5.29. The second-order valence-electron chi connectivity index (χ2n) is 7.39. The summed E-state index contributed by atoms with van der Waals surface area (Å²) < 4.78 is 1.03. The van der Waals surface area contributed by atoms with Crippen molar-refractivity contribution in [2.75, 3.05) is 0 Å². The van der Waals surface area contributed by atoms with Crippen molar-refractivity contribution in [3.8, 4) is 0 Å². The first-order chi connectivity index (χ1) is 12.2. The molecule has 2 aromatic carbocycles. The standard InChI is InChI=1S/C21H19BrN2O/c22-16-11-9-14(10-12-16)13-23-24-19(25)21-17-7-4-8-18(21)20(17,21)15-5-2-1-3-6-15/h1-3,5-6,9-13,17-18H,4,7-8H2,(H,24,25)/b23-13+/t17-,18-,20?,21?/m0/s1. The lowest BCUT2D eigenvalue weighted by atomic mass is 9.77. The molecule has 1 amide bonds. The van der Waals surface area contributed by atoms with E-state index in [4.69, 9.17) is 0 Å². The number of hydrogen-bond acceptors (Lipinski definition) is 2. The van der Waals surface area contributed by atoms with E-state index in [0.29, 0.717) is 11.8 Å². The molecule has 0 saturated heterocycles. The van der Waals surface area contributed by atoms with Crippen LogP contribution in [0.2, 0.25) is 0 Å².